The van der Waals surface area contributed by atoms with E-state index >= 15 is 0 Å². The summed E-state index contributed by atoms with van der Waals surface area (Å²) in [6.45, 7) is 2.11. The highest BCUT2D eigenvalue weighted by Gasteiger charge is 2.28. The van der Waals surface area contributed by atoms with Crippen LogP contribution in [0, 0.1) is 11.7 Å². The van der Waals surface area contributed by atoms with Gasteiger partial charge in [0, 0.05) is 23.2 Å². The number of hydrogen-bond donors (Lipinski definition) is 1. The Morgan fingerprint density at radius 2 is 1.62 bits per heavy atom. The topological polar surface area (TPSA) is 42.0 Å². The van der Waals surface area contributed by atoms with Crippen molar-refractivity contribution in [1.82, 2.24) is 10.3 Å². The molecule has 0 aliphatic heterocycles. The number of carbonyl (C=O) groups excluding carboxylic acids is 1. The first-order valence-corrected chi connectivity index (χ1v) is 12.1. The number of aromatic nitrogens is 1. The monoisotopic (exact) mass is 452 g/mol. The van der Waals surface area contributed by atoms with E-state index in [-0.39, 0.29) is 17.8 Å². The van der Waals surface area contributed by atoms with Crippen molar-refractivity contribution in [1.29, 1.82) is 0 Å². The van der Waals surface area contributed by atoms with Gasteiger partial charge in [-0.25, -0.2) is 4.39 Å². The lowest BCUT2D eigenvalue weighted by Gasteiger charge is -2.33. The molecule has 0 spiro atoms. The highest BCUT2D eigenvalue weighted by atomic mass is 19.1. The maximum absolute atomic E-state index is 13.9. The zero-order valence-corrected chi connectivity index (χ0v) is 19.4. The summed E-state index contributed by atoms with van der Waals surface area (Å²) in [5.41, 5.74) is 4.97. The van der Waals surface area contributed by atoms with E-state index in [2.05, 4.69) is 29.4 Å². The van der Waals surface area contributed by atoms with Crippen LogP contribution >= 0.6 is 0 Å². The molecule has 1 N–H and O–H groups in total. The second-order valence-corrected chi connectivity index (χ2v) is 9.38. The summed E-state index contributed by atoms with van der Waals surface area (Å²) in [5, 5.41) is 4.14. The van der Waals surface area contributed by atoms with E-state index in [0.717, 1.165) is 47.7 Å². The molecule has 1 aliphatic rings. The van der Waals surface area contributed by atoms with Crippen LogP contribution in [0.2, 0.25) is 0 Å². The summed E-state index contributed by atoms with van der Waals surface area (Å²) >= 11 is 0. The average Bonchev–Trinajstić information content (AvgIpc) is 2.89. The third kappa shape index (κ3) is 4.72. The van der Waals surface area contributed by atoms with E-state index in [1.165, 1.54) is 11.6 Å². The summed E-state index contributed by atoms with van der Waals surface area (Å²) < 4.78 is 13.9. The third-order valence-corrected chi connectivity index (χ3v) is 7.27. The first kappa shape index (κ1) is 22.3. The minimum absolute atomic E-state index is 0.0233. The van der Waals surface area contributed by atoms with Gasteiger partial charge in [-0.15, -0.1) is 0 Å². The number of nitrogens with one attached hydrogen (secondary N) is 1. The molecule has 1 saturated carbocycles. The number of pyridine rings is 1. The Morgan fingerprint density at radius 1 is 0.912 bits per heavy atom. The predicted octanol–water partition coefficient (Wildman–Crippen LogP) is 7.13. The van der Waals surface area contributed by atoms with Gasteiger partial charge in [0.15, 0.2) is 0 Å². The van der Waals surface area contributed by atoms with E-state index < -0.39 is 0 Å². The van der Waals surface area contributed by atoms with Gasteiger partial charge in [0.25, 0.3) is 5.91 Å². The first-order chi connectivity index (χ1) is 16.6. The maximum atomic E-state index is 13.9. The highest BCUT2D eigenvalue weighted by Crippen LogP contribution is 2.39. The summed E-state index contributed by atoms with van der Waals surface area (Å²) in [7, 11) is 0. The zero-order chi connectivity index (χ0) is 23.5. The molecule has 1 heterocycles. The van der Waals surface area contributed by atoms with E-state index in [1.54, 1.807) is 12.1 Å². The Labute approximate surface area is 200 Å². The molecule has 3 aromatic carbocycles. The Kier molecular flexibility index (Phi) is 6.39. The minimum Gasteiger partial charge on any atom is -0.349 e. The molecule has 3 nitrogen and oxygen atoms in total. The molecule has 4 aromatic rings. The number of hydrogen-bond acceptors (Lipinski definition) is 2. The third-order valence-electron chi connectivity index (χ3n) is 7.27. The van der Waals surface area contributed by atoms with Crippen LogP contribution in [0.25, 0.3) is 22.0 Å². The number of rotatable bonds is 5. The number of halogens is 1. The van der Waals surface area contributed by atoms with Crippen molar-refractivity contribution in [3.8, 4) is 11.1 Å². The molecule has 0 radical (unpaired) electrons. The van der Waals surface area contributed by atoms with Crippen LogP contribution in [0.15, 0.2) is 85.1 Å². The van der Waals surface area contributed by atoms with E-state index in [0.29, 0.717) is 17.4 Å². The van der Waals surface area contributed by atoms with Crippen molar-refractivity contribution >= 4 is 16.8 Å². The van der Waals surface area contributed by atoms with Gasteiger partial charge in [0.05, 0.1) is 5.52 Å². The standard InChI is InChI=1S/C30H29FN2O/c1-20(33-30(34)25-13-9-23(10-14-25)22-5-3-2-4-6-22)21-7-11-24(12-8-21)27-17-18-32-29-16-15-26(31)19-28(27)29/h2-6,9-10,13-21,24H,7-8,11-12H2,1H3,(H,33,34)/t20-,21-,24+/m1/s1. The Balaban J connectivity index is 1.20. The average molecular weight is 453 g/mol. The molecular formula is C30H29FN2O. The van der Waals surface area contributed by atoms with Crippen LogP contribution in [-0.2, 0) is 0 Å². The number of fused-ring (bicyclic) bond motifs is 1. The van der Waals surface area contributed by atoms with Crippen LogP contribution in [0.4, 0.5) is 4.39 Å². The summed E-state index contributed by atoms with van der Waals surface area (Å²) in [6.07, 6.45) is 5.97. The van der Waals surface area contributed by atoms with Crippen molar-refractivity contribution in [3.05, 3.63) is 102 Å². The second kappa shape index (κ2) is 9.76. The Bertz CT molecular complexity index is 1280. The molecular weight excluding hydrogens is 423 g/mol. The summed E-state index contributed by atoms with van der Waals surface area (Å²) in [4.78, 5) is 17.2. The lowest BCUT2D eigenvalue weighted by molar-refractivity contribution is 0.0918. The Morgan fingerprint density at radius 3 is 2.35 bits per heavy atom. The molecule has 34 heavy (non-hydrogen) atoms. The van der Waals surface area contributed by atoms with Gasteiger partial charge in [0.2, 0.25) is 0 Å². The highest BCUT2D eigenvalue weighted by molar-refractivity contribution is 5.94. The molecule has 1 amide bonds. The fraction of sp³-hybridized carbons (Fsp3) is 0.267. The number of nitrogens with zero attached hydrogens (tertiary/aromatic N) is 1. The fourth-order valence-corrected chi connectivity index (χ4v) is 5.28. The van der Waals surface area contributed by atoms with Gasteiger partial charge in [0.1, 0.15) is 5.82 Å². The van der Waals surface area contributed by atoms with Crippen LogP contribution in [-0.4, -0.2) is 16.9 Å². The lowest BCUT2D eigenvalue weighted by atomic mass is 9.75. The van der Waals surface area contributed by atoms with Crippen LogP contribution in [0.1, 0.15) is 54.4 Å². The number of amides is 1. The van der Waals surface area contributed by atoms with Crippen molar-refractivity contribution in [3.63, 3.8) is 0 Å². The normalized spacial score (nSPS) is 19.0. The van der Waals surface area contributed by atoms with Gasteiger partial charge in [-0.2, -0.15) is 0 Å². The number of benzene rings is 3. The van der Waals surface area contributed by atoms with Gasteiger partial charge >= 0.3 is 0 Å². The zero-order valence-electron chi connectivity index (χ0n) is 19.4. The molecule has 1 fully saturated rings. The molecule has 5 rings (SSSR count). The van der Waals surface area contributed by atoms with Gasteiger partial charge in [-0.05, 0) is 97.5 Å². The van der Waals surface area contributed by atoms with Gasteiger partial charge < -0.3 is 5.32 Å². The number of carbonyl (C=O) groups is 1. The lowest BCUT2D eigenvalue weighted by Crippen LogP contribution is -2.39. The molecule has 1 atom stereocenters. The van der Waals surface area contributed by atoms with E-state index in [4.69, 9.17) is 0 Å². The quantitative estimate of drug-likeness (QED) is 0.350. The molecule has 1 aromatic heterocycles. The van der Waals surface area contributed by atoms with E-state index in [1.807, 2.05) is 54.7 Å². The Hall–Kier alpha value is -3.53. The molecule has 1 aliphatic carbocycles. The van der Waals surface area contributed by atoms with Crippen molar-refractivity contribution in [2.45, 2.75) is 44.6 Å². The smallest absolute Gasteiger partial charge is 0.251 e. The first-order valence-electron chi connectivity index (χ1n) is 12.1. The molecule has 0 saturated heterocycles. The molecule has 0 unspecified atom stereocenters. The molecule has 0 bridgehead atoms. The molecule has 172 valence electrons. The van der Waals surface area contributed by atoms with E-state index in [9.17, 15) is 9.18 Å². The predicted molar refractivity (Wildman–Crippen MR) is 135 cm³/mol. The summed E-state index contributed by atoms with van der Waals surface area (Å²) in [5.74, 6) is 0.596. The fourth-order valence-electron chi connectivity index (χ4n) is 5.28. The van der Waals surface area contributed by atoms with Crippen molar-refractivity contribution < 1.29 is 9.18 Å². The van der Waals surface area contributed by atoms with Crippen LogP contribution in [0.5, 0.6) is 0 Å². The van der Waals surface area contributed by atoms with Crippen molar-refractivity contribution in [2.75, 3.05) is 0 Å². The van der Waals surface area contributed by atoms with Crippen LogP contribution < -0.4 is 5.32 Å². The second-order valence-electron chi connectivity index (χ2n) is 9.38. The van der Waals surface area contributed by atoms with Crippen LogP contribution in [0.3, 0.4) is 0 Å². The van der Waals surface area contributed by atoms with Gasteiger partial charge in [-0.3, -0.25) is 9.78 Å². The largest absolute Gasteiger partial charge is 0.349 e. The molecule has 4 heteroatoms. The summed E-state index contributed by atoms with van der Waals surface area (Å²) in [6, 6.07) is 24.9. The van der Waals surface area contributed by atoms with Crippen molar-refractivity contribution in [2.24, 2.45) is 5.92 Å². The maximum Gasteiger partial charge on any atom is 0.251 e. The SMILES string of the molecule is C[C@@H](NC(=O)c1ccc(-c2ccccc2)cc1)[C@H]1CC[C@@H](c2ccnc3ccc(F)cc32)CC1. The minimum atomic E-state index is -0.219. The van der Waals surface area contributed by atoms with Gasteiger partial charge in [-0.1, -0.05) is 42.5 Å².